The van der Waals surface area contributed by atoms with Gasteiger partial charge in [0.05, 0.1) is 4.88 Å². The zero-order valence-electron chi connectivity index (χ0n) is 9.22. The largest absolute Gasteiger partial charge is 0.293 e. The maximum absolute atomic E-state index is 12.2. The van der Waals surface area contributed by atoms with Gasteiger partial charge in [-0.3, -0.25) is 9.78 Å². The summed E-state index contributed by atoms with van der Waals surface area (Å²) in [6, 6.07) is 5.97. The van der Waals surface area contributed by atoms with Gasteiger partial charge >= 0.3 is 0 Å². The summed E-state index contributed by atoms with van der Waals surface area (Å²) in [5.41, 5.74) is 0.936. The lowest BCUT2D eigenvalue weighted by Crippen LogP contribution is -2.01. The highest BCUT2D eigenvalue weighted by Crippen LogP contribution is 2.30. The van der Waals surface area contributed by atoms with E-state index in [2.05, 4.69) is 27.0 Å². The van der Waals surface area contributed by atoms with Crippen LogP contribution in [0.4, 0.5) is 0 Å². The number of pyridine rings is 1. The van der Waals surface area contributed by atoms with Crippen molar-refractivity contribution in [2.24, 2.45) is 0 Å². The second-order valence-corrected chi connectivity index (χ2v) is 6.82. The molecule has 0 aliphatic heterocycles. The molecule has 0 aromatic carbocycles. The molecule has 3 rings (SSSR count). The van der Waals surface area contributed by atoms with Crippen LogP contribution in [0.25, 0.3) is 9.40 Å². The van der Waals surface area contributed by atoms with E-state index in [0.717, 1.165) is 14.9 Å². The van der Waals surface area contributed by atoms with Crippen LogP contribution in [-0.2, 0) is 6.42 Å². The van der Waals surface area contributed by atoms with Crippen LogP contribution in [0.3, 0.4) is 0 Å². The summed E-state index contributed by atoms with van der Waals surface area (Å²) in [5, 5.41) is 2.05. The predicted octanol–water partition coefficient (Wildman–Crippen LogP) is 4.55. The van der Waals surface area contributed by atoms with Gasteiger partial charge in [0.25, 0.3) is 0 Å². The molecule has 0 fully saturated rings. The van der Waals surface area contributed by atoms with E-state index < -0.39 is 0 Å². The number of ketones is 1. The highest BCUT2D eigenvalue weighted by atomic mass is 79.9. The first-order valence-electron chi connectivity index (χ1n) is 5.32. The normalized spacial score (nSPS) is 10.9. The molecule has 3 aromatic rings. The highest BCUT2D eigenvalue weighted by molar-refractivity contribution is 9.10. The predicted molar refractivity (Wildman–Crippen MR) is 79.7 cm³/mol. The summed E-state index contributed by atoms with van der Waals surface area (Å²) >= 11 is 6.60. The van der Waals surface area contributed by atoms with Gasteiger partial charge in [-0.15, -0.1) is 22.7 Å². The fourth-order valence-corrected chi connectivity index (χ4v) is 4.19. The SMILES string of the molecule is O=C(Cc1cncc(Br)c1)c1cc2sccc2s1. The van der Waals surface area contributed by atoms with Crippen LogP contribution in [0, 0.1) is 0 Å². The number of hydrogen-bond acceptors (Lipinski definition) is 4. The number of hydrogen-bond donors (Lipinski definition) is 0. The fraction of sp³-hybridized carbons (Fsp3) is 0.0769. The Kier molecular flexibility index (Phi) is 3.28. The van der Waals surface area contributed by atoms with Gasteiger partial charge in [-0.2, -0.15) is 0 Å². The second-order valence-electron chi connectivity index (χ2n) is 3.87. The Morgan fingerprint density at radius 2 is 2.17 bits per heavy atom. The Morgan fingerprint density at radius 1 is 1.28 bits per heavy atom. The maximum atomic E-state index is 12.2. The van der Waals surface area contributed by atoms with E-state index in [1.807, 2.05) is 17.5 Å². The van der Waals surface area contributed by atoms with Gasteiger partial charge in [0, 0.05) is 32.7 Å². The van der Waals surface area contributed by atoms with Gasteiger partial charge in [0.2, 0.25) is 0 Å². The van der Waals surface area contributed by atoms with Crippen molar-refractivity contribution in [1.82, 2.24) is 4.98 Å². The molecule has 0 bridgehead atoms. The molecule has 0 N–H and O–H groups in total. The molecule has 0 spiro atoms. The van der Waals surface area contributed by atoms with E-state index in [9.17, 15) is 4.79 Å². The lowest BCUT2D eigenvalue weighted by atomic mass is 10.1. The third-order valence-corrected chi connectivity index (χ3v) is 5.11. The molecule has 0 radical (unpaired) electrons. The standard InChI is InChI=1S/C13H8BrNOS2/c14-9-3-8(6-15-7-9)4-10(16)12-5-13-11(18-12)1-2-17-13/h1-3,5-7H,4H2. The summed E-state index contributed by atoms with van der Waals surface area (Å²) in [4.78, 5) is 17.1. The van der Waals surface area contributed by atoms with Gasteiger partial charge < -0.3 is 0 Å². The van der Waals surface area contributed by atoms with Crippen molar-refractivity contribution >= 4 is 53.8 Å². The smallest absolute Gasteiger partial charge is 0.177 e. The van der Waals surface area contributed by atoms with Crippen molar-refractivity contribution in [2.45, 2.75) is 6.42 Å². The number of Topliss-reactive ketones (excluding diaryl/α,β-unsaturated/α-hetero) is 1. The lowest BCUT2D eigenvalue weighted by molar-refractivity contribution is 0.0997. The Hall–Kier alpha value is -1.04. The van der Waals surface area contributed by atoms with Crippen molar-refractivity contribution in [1.29, 1.82) is 0 Å². The molecule has 18 heavy (non-hydrogen) atoms. The van der Waals surface area contributed by atoms with Gasteiger partial charge in [0.1, 0.15) is 0 Å². The second kappa shape index (κ2) is 4.91. The van der Waals surface area contributed by atoms with Crippen molar-refractivity contribution in [2.75, 3.05) is 0 Å². The van der Waals surface area contributed by atoms with Gasteiger partial charge in [-0.1, -0.05) is 0 Å². The lowest BCUT2D eigenvalue weighted by Gasteiger charge is -1.99. The number of rotatable bonds is 3. The topological polar surface area (TPSA) is 30.0 Å². The zero-order chi connectivity index (χ0) is 12.5. The Bertz CT molecular complexity index is 688. The van der Waals surface area contributed by atoms with E-state index >= 15 is 0 Å². The molecule has 3 heterocycles. The number of nitrogens with zero attached hydrogens (tertiary/aromatic N) is 1. The molecule has 5 heteroatoms. The molecule has 0 aliphatic carbocycles. The first-order valence-corrected chi connectivity index (χ1v) is 7.81. The molecular weight excluding hydrogens is 330 g/mol. The number of aromatic nitrogens is 1. The molecule has 0 saturated carbocycles. The van der Waals surface area contributed by atoms with E-state index in [-0.39, 0.29) is 5.78 Å². The van der Waals surface area contributed by atoms with Crippen LogP contribution in [-0.4, -0.2) is 10.8 Å². The Morgan fingerprint density at radius 3 is 2.94 bits per heavy atom. The van der Waals surface area contributed by atoms with Crippen LogP contribution < -0.4 is 0 Å². The summed E-state index contributed by atoms with van der Waals surface area (Å²) in [6.45, 7) is 0. The van der Waals surface area contributed by atoms with Crippen LogP contribution in [0.1, 0.15) is 15.2 Å². The quantitative estimate of drug-likeness (QED) is 0.656. The minimum atomic E-state index is 0.156. The first-order chi connectivity index (χ1) is 8.72. The molecule has 0 unspecified atom stereocenters. The molecule has 0 amide bonds. The third kappa shape index (κ3) is 2.39. The third-order valence-electron chi connectivity index (χ3n) is 2.54. The Labute approximate surface area is 120 Å². The molecular formula is C13H8BrNOS2. The zero-order valence-corrected chi connectivity index (χ0v) is 12.4. The number of fused-ring (bicyclic) bond motifs is 1. The van der Waals surface area contributed by atoms with E-state index in [1.54, 1.807) is 35.1 Å². The molecule has 0 atom stereocenters. The molecule has 3 aromatic heterocycles. The summed E-state index contributed by atoms with van der Waals surface area (Å²) < 4.78 is 3.28. The highest BCUT2D eigenvalue weighted by Gasteiger charge is 2.12. The summed E-state index contributed by atoms with van der Waals surface area (Å²) in [7, 11) is 0. The van der Waals surface area contributed by atoms with E-state index in [4.69, 9.17) is 0 Å². The van der Waals surface area contributed by atoms with Crippen LogP contribution in [0.5, 0.6) is 0 Å². The van der Waals surface area contributed by atoms with Crippen molar-refractivity contribution in [3.8, 4) is 0 Å². The molecule has 0 aliphatic rings. The summed E-state index contributed by atoms with van der Waals surface area (Å²) in [5.74, 6) is 0.156. The minimum Gasteiger partial charge on any atom is -0.293 e. The van der Waals surface area contributed by atoms with E-state index in [1.165, 1.54) is 9.40 Å². The maximum Gasteiger partial charge on any atom is 0.177 e. The number of carbonyl (C=O) groups is 1. The number of halogens is 1. The first kappa shape index (κ1) is 12.0. The minimum absolute atomic E-state index is 0.156. The van der Waals surface area contributed by atoms with Gasteiger partial charge in [-0.05, 0) is 45.1 Å². The molecule has 2 nitrogen and oxygen atoms in total. The van der Waals surface area contributed by atoms with Crippen LogP contribution in [0.15, 0.2) is 40.4 Å². The van der Waals surface area contributed by atoms with E-state index in [0.29, 0.717) is 6.42 Å². The van der Waals surface area contributed by atoms with Crippen LogP contribution in [0.2, 0.25) is 0 Å². The monoisotopic (exact) mass is 337 g/mol. The average molecular weight is 338 g/mol. The molecule has 90 valence electrons. The summed E-state index contributed by atoms with van der Waals surface area (Å²) in [6.07, 6.45) is 3.86. The fourth-order valence-electron chi connectivity index (χ4n) is 1.73. The molecule has 0 saturated heterocycles. The van der Waals surface area contributed by atoms with Crippen LogP contribution >= 0.6 is 38.6 Å². The van der Waals surface area contributed by atoms with Crippen molar-refractivity contribution in [3.63, 3.8) is 0 Å². The number of carbonyl (C=O) groups excluding carboxylic acids is 1. The van der Waals surface area contributed by atoms with Gasteiger partial charge in [0.15, 0.2) is 5.78 Å². The van der Waals surface area contributed by atoms with Crippen molar-refractivity contribution < 1.29 is 4.79 Å². The Balaban J connectivity index is 1.85. The van der Waals surface area contributed by atoms with Crippen molar-refractivity contribution in [3.05, 3.63) is 50.9 Å². The number of thiophene rings is 2. The van der Waals surface area contributed by atoms with Gasteiger partial charge in [-0.25, -0.2) is 0 Å². The average Bonchev–Trinajstić information content (AvgIpc) is 2.88.